The van der Waals surface area contributed by atoms with Crippen LogP contribution < -0.4 is 0 Å². The number of hydrogen-bond acceptors (Lipinski definition) is 4. The fourth-order valence-electron chi connectivity index (χ4n) is 1.66. The van der Waals surface area contributed by atoms with E-state index in [0.717, 1.165) is 21.3 Å². The van der Waals surface area contributed by atoms with Crippen LogP contribution in [-0.4, -0.2) is 15.1 Å². The first-order chi connectivity index (χ1) is 8.54. The lowest BCUT2D eigenvalue weighted by molar-refractivity contribution is 0.198. The predicted molar refractivity (Wildman–Crippen MR) is 72.7 cm³/mol. The van der Waals surface area contributed by atoms with Crippen molar-refractivity contribution in [1.29, 1.82) is 0 Å². The van der Waals surface area contributed by atoms with Gasteiger partial charge in [-0.1, -0.05) is 17.8 Å². The lowest BCUT2D eigenvalue weighted by atomic mass is 10.2. The van der Waals surface area contributed by atoms with Crippen molar-refractivity contribution in [2.75, 3.05) is 0 Å². The van der Waals surface area contributed by atoms with Crippen LogP contribution in [0.5, 0.6) is 0 Å². The summed E-state index contributed by atoms with van der Waals surface area (Å²) in [7, 11) is 0. The summed E-state index contributed by atoms with van der Waals surface area (Å²) < 4.78 is 0. The Morgan fingerprint density at radius 2 is 1.94 bits per heavy atom. The SMILES string of the molecule is Cc1cc(C)nc(Sc2ccc(C(C)O)cn2)c1. The van der Waals surface area contributed by atoms with Crippen molar-refractivity contribution in [2.24, 2.45) is 0 Å². The Bertz CT molecular complexity index is 518. The van der Waals surface area contributed by atoms with E-state index in [4.69, 9.17) is 0 Å². The maximum atomic E-state index is 9.42. The molecule has 0 spiro atoms. The Labute approximate surface area is 111 Å². The summed E-state index contributed by atoms with van der Waals surface area (Å²) in [5.41, 5.74) is 3.04. The Morgan fingerprint density at radius 3 is 2.50 bits per heavy atom. The van der Waals surface area contributed by atoms with Crippen molar-refractivity contribution in [3.05, 3.63) is 47.3 Å². The summed E-state index contributed by atoms with van der Waals surface area (Å²) in [6.45, 7) is 5.78. The molecule has 4 heteroatoms. The van der Waals surface area contributed by atoms with Crippen LogP contribution in [0, 0.1) is 13.8 Å². The van der Waals surface area contributed by atoms with Gasteiger partial charge >= 0.3 is 0 Å². The van der Waals surface area contributed by atoms with Crippen LogP contribution >= 0.6 is 11.8 Å². The molecule has 1 atom stereocenters. The topological polar surface area (TPSA) is 46.0 Å². The van der Waals surface area contributed by atoms with Gasteiger partial charge in [0.1, 0.15) is 10.1 Å². The molecule has 2 aromatic rings. The van der Waals surface area contributed by atoms with E-state index in [1.54, 1.807) is 13.1 Å². The van der Waals surface area contributed by atoms with Gasteiger partial charge in [0.2, 0.25) is 0 Å². The van der Waals surface area contributed by atoms with Crippen LogP contribution in [0.2, 0.25) is 0 Å². The van der Waals surface area contributed by atoms with Gasteiger partial charge in [-0.15, -0.1) is 0 Å². The van der Waals surface area contributed by atoms with Gasteiger partial charge in [-0.05, 0) is 50.1 Å². The molecule has 1 N–H and O–H groups in total. The summed E-state index contributed by atoms with van der Waals surface area (Å²) in [6.07, 6.45) is 1.23. The molecule has 18 heavy (non-hydrogen) atoms. The van der Waals surface area contributed by atoms with Crippen LogP contribution in [0.15, 0.2) is 40.5 Å². The summed E-state index contributed by atoms with van der Waals surface area (Å²) in [4.78, 5) is 8.78. The standard InChI is InChI=1S/C14H16N2OS/c1-9-6-10(2)16-14(7-9)18-13-5-4-12(8-15-13)11(3)17/h4-8,11,17H,1-3H3. The molecule has 0 saturated heterocycles. The van der Waals surface area contributed by atoms with Crippen LogP contribution in [0.3, 0.4) is 0 Å². The monoisotopic (exact) mass is 260 g/mol. The van der Waals surface area contributed by atoms with Gasteiger partial charge in [0.05, 0.1) is 6.10 Å². The predicted octanol–water partition coefficient (Wildman–Crippen LogP) is 3.30. The summed E-state index contributed by atoms with van der Waals surface area (Å²) >= 11 is 1.53. The molecule has 2 aromatic heterocycles. The molecule has 3 nitrogen and oxygen atoms in total. The van der Waals surface area contributed by atoms with Crippen molar-refractivity contribution in [3.8, 4) is 0 Å². The highest BCUT2D eigenvalue weighted by molar-refractivity contribution is 7.99. The highest BCUT2D eigenvalue weighted by Gasteiger charge is 2.04. The number of aliphatic hydroxyl groups is 1. The number of hydrogen-bond donors (Lipinski definition) is 1. The lowest BCUT2D eigenvalue weighted by Crippen LogP contribution is -1.93. The van der Waals surface area contributed by atoms with Crippen LogP contribution in [0.1, 0.15) is 29.8 Å². The largest absolute Gasteiger partial charge is 0.389 e. The average molecular weight is 260 g/mol. The third-order valence-corrected chi connectivity index (χ3v) is 3.39. The number of nitrogens with zero attached hydrogens (tertiary/aromatic N) is 2. The summed E-state index contributed by atoms with van der Waals surface area (Å²) in [6, 6.07) is 7.89. The second-order valence-electron chi connectivity index (χ2n) is 4.33. The molecule has 2 heterocycles. The minimum Gasteiger partial charge on any atom is -0.389 e. The van der Waals surface area contributed by atoms with Crippen LogP contribution in [0.25, 0.3) is 0 Å². The molecule has 0 amide bonds. The molecule has 0 aliphatic heterocycles. The van der Waals surface area contributed by atoms with E-state index >= 15 is 0 Å². The van der Waals surface area contributed by atoms with Gasteiger partial charge in [-0.2, -0.15) is 0 Å². The van der Waals surface area contributed by atoms with Crippen molar-refractivity contribution in [1.82, 2.24) is 9.97 Å². The number of aliphatic hydroxyl groups excluding tert-OH is 1. The fourth-order valence-corrected chi connectivity index (χ4v) is 2.55. The van der Waals surface area contributed by atoms with Gasteiger partial charge < -0.3 is 5.11 Å². The molecule has 0 aliphatic carbocycles. The van der Waals surface area contributed by atoms with Crippen LogP contribution in [0.4, 0.5) is 0 Å². The van der Waals surface area contributed by atoms with E-state index in [1.807, 2.05) is 31.2 Å². The molecule has 1 unspecified atom stereocenters. The lowest BCUT2D eigenvalue weighted by Gasteiger charge is -2.06. The minimum absolute atomic E-state index is 0.476. The van der Waals surface area contributed by atoms with Gasteiger partial charge in [0.15, 0.2) is 0 Å². The highest BCUT2D eigenvalue weighted by Crippen LogP contribution is 2.26. The second kappa shape index (κ2) is 5.50. The van der Waals surface area contributed by atoms with Gasteiger partial charge in [-0.3, -0.25) is 0 Å². The van der Waals surface area contributed by atoms with E-state index in [0.29, 0.717) is 0 Å². The Hall–Kier alpha value is -1.39. The number of aryl methyl sites for hydroxylation is 2. The third kappa shape index (κ3) is 3.31. The fraction of sp³-hybridized carbons (Fsp3) is 0.286. The molecule has 2 rings (SSSR count). The molecular formula is C14H16N2OS. The van der Waals surface area contributed by atoms with Crippen molar-refractivity contribution in [2.45, 2.75) is 36.9 Å². The Kier molecular flexibility index (Phi) is 3.99. The minimum atomic E-state index is -0.476. The van der Waals surface area contributed by atoms with E-state index < -0.39 is 6.10 Å². The molecule has 0 bridgehead atoms. The number of pyridine rings is 2. The highest BCUT2D eigenvalue weighted by atomic mass is 32.2. The first kappa shape index (κ1) is 13.1. The Balaban J connectivity index is 2.18. The molecule has 94 valence electrons. The molecule has 0 aromatic carbocycles. The normalized spacial score (nSPS) is 12.4. The molecular weight excluding hydrogens is 244 g/mol. The van der Waals surface area contributed by atoms with Crippen molar-refractivity contribution < 1.29 is 5.11 Å². The number of aromatic nitrogens is 2. The summed E-state index contributed by atoms with van der Waals surface area (Å²) in [5.74, 6) is 0. The maximum absolute atomic E-state index is 9.42. The Morgan fingerprint density at radius 1 is 1.17 bits per heavy atom. The quantitative estimate of drug-likeness (QED) is 0.919. The average Bonchev–Trinajstić information content (AvgIpc) is 2.28. The van der Waals surface area contributed by atoms with E-state index in [2.05, 4.69) is 16.9 Å². The first-order valence-corrected chi connectivity index (χ1v) is 6.63. The third-order valence-electron chi connectivity index (χ3n) is 2.53. The van der Waals surface area contributed by atoms with Crippen molar-refractivity contribution in [3.63, 3.8) is 0 Å². The molecule has 0 aliphatic rings. The van der Waals surface area contributed by atoms with E-state index in [9.17, 15) is 5.11 Å². The summed E-state index contributed by atoms with van der Waals surface area (Å²) in [5, 5.41) is 11.3. The number of rotatable bonds is 3. The maximum Gasteiger partial charge on any atom is 0.103 e. The second-order valence-corrected chi connectivity index (χ2v) is 5.37. The molecule has 0 fully saturated rings. The van der Waals surface area contributed by atoms with Crippen molar-refractivity contribution >= 4 is 11.8 Å². The zero-order valence-corrected chi connectivity index (χ0v) is 11.5. The van der Waals surface area contributed by atoms with Gasteiger partial charge in [-0.25, -0.2) is 9.97 Å². The molecule has 0 saturated carbocycles. The van der Waals surface area contributed by atoms with E-state index in [-0.39, 0.29) is 0 Å². The van der Waals surface area contributed by atoms with Gasteiger partial charge in [0, 0.05) is 11.9 Å². The smallest absolute Gasteiger partial charge is 0.103 e. The zero-order chi connectivity index (χ0) is 13.1. The molecule has 0 radical (unpaired) electrons. The van der Waals surface area contributed by atoms with Gasteiger partial charge in [0.25, 0.3) is 0 Å². The zero-order valence-electron chi connectivity index (χ0n) is 10.7. The first-order valence-electron chi connectivity index (χ1n) is 5.82. The van der Waals surface area contributed by atoms with E-state index in [1.165, 1.54) is 17.3 Å². The van der Waals surface area contributed by atoms with Crippen LogP contribution in [-0.2, 0) is 0 Å².